The average molecular weight is 481 g/mol. The lowest BCUT2D eigenvalue weighted by atomic mass is 9.88. The molecule has 2 aliphatic carbocycles. The molecule has 0 N–H and O–H groups in total. The van der Waals surface area contributed by atoms with Gasteiger partial charge in [-0.2, -0.15) is 0 Å². The molecule has 1 aromatic heterocycles. The molecule has 2 fully saturated rings. The van der Waals surface area contributed by atoms with Crippen molar-refractivity contribution in [2.75, 3.05) is 13.6 Å². The van der Waals surface area contributed by atoms with Crippen LogP contribution in [0.3, 0.4) is 0 Å². The lowest BCUT2D eigenvalue weighted by Crippen LogP contribution is -2.33. The number of nitrogens with zero attached hydrogens (tertiary/aromatic N) is 2. The molecule has 3 heteroatoms. The number of hydrogen-bond donors (Lipinski definition) is 0. The van der Waals surface area contributed by atoms with Crippen molar-refractivity contribution in [2.24, 2.45) is 7.05 Å². The highest BCUT2D eigenvalue weighted by atomic mass is 16.1. The molecular formula is C32H52N2O. The van der Waals surface area contributed by atoms with Gasteiger partial charge in [0.15, 0.2) is 0 Å². The first-order valence-corrected chi connectivity index (χ1v) is 14.3. The minimum absolute atomic E-state index is 0.106. The summed E-state index contributed by atoms with van der Waals surface area (Å²) >= 11 is 0. The molecule has 0 spiro atoms. The third-order valence-electron chi connectivity index (χ3n) is 8.22. The van der Waals surface area contributed by atoms with Crippen LogP contribution in [0, 0.1) is 13.8 Å². The lowest BCUT2D eigenvalue weighted by Gasteiger charge is -2.26. The van der Waals surface area contributed by atoms with Gasteiger partial charge in [-0.1, -0.05) is 53.7 Å². The molecule has 1 aromatic carbocycles. The summed E-state index contributed by atoms with van der Waals surface area (Å²) in [5.74, 6) is 0.754. The van der Waals surface area contributed by atoms with Crippen molar-refractivity contribution in [3.63, 3.8) is 0 Å². The van der Waals surface area contributed by atoms with Crippen molar-refractivity contribution in [1.82, 2.24) is 9.47 Å². The van der Waals surface area contributed by atoms with Crippen LogP contribution in [-0.2, 0) is 19.9 Å². The molecule has 0 atom stereocenters. The third kappa shape index (κ3) is 6.67. The Hall–Kier alpha value is -1.87. The van der Waals surface area contributed by atoms with Crippen LogP contribution in [-0.4, -0.2) is 28.6 Å². The van der Waals surface area contributed by atoms with Gasteiger partial charge in [-0.15, -0.1) is 0 Å². The van der Waals surface area contributed by atoms with E-state index in [2.05, 4.69) is 58.7 Å². The van der Waals surface area contributed by atoms with Crippen molar-refractivity contribution in [2.45, 2.75) is 118 Å². The Kier molecular flexibility index (Phi) is 10.8. The minimum atomic E-state index is 0.106. The zero-order valence-electron chi connectivity index (χ0n) is 24.5. The Morgan fingerprint density at radius 2 is 1.63 bits per heavy atom. The fourth-order valence-electron chi connectivity index (χ4n) is 5.41. The van der Waals surface area contributed by atoms with E-state index in [1.807, 2.05) is 34.0 Å². The number of pyridine rings is 1. The van der Waals surface area contributed by atoms with Crippen molar-refractivity contribution >= 4 is 0 Å². The topological polar surface area (TPSA) is 25.2 Å². The van der Waals surface area contributed by atoms with Crippen molar-refractivity contribution in [3.05, 3.63) is 56.5 Å². The number of rotatable bonds is 8. The van der Waals surface area contributed by atoms with Gasteiger partial charge in [-0.25, -0.2) is 0 Å². The number of benzene rings is 1. The molecule has 0 unspecified atom stereocenters. The van der Waals surface area contributed by atoms with Crippen LogP contribution in [0.2, 0.25) is 0 Å². The van der Waals surface area contributed by atoms with Gasteiger partial charge in [0, 0.05) is 29.9 Å². The number of aryl methyl sites for hydroxylation is 2. The Balaban J connectivity index is 0.000000302. The quantitative estimate of drug-likeness (QED) is 0.383. The molecule has 4 rings (SSSR count). The summed E-state index contributed by atoms with van der Waals surface area (Å²) in [7, 11) is 4.11. The van der Waals surface area contributed by atoms with E-state index in [1.54, 1.807) is 15.7 Å². The maximum Gasteiger partial charge on any atom is 0.253 e. The zero-order valence-corrected chi connectivity index (χ0v) is 24.5. The van der Waals surface area contributed by atoms with Crippen LogP contribution in [0.5, 0.6) is 0 Å². The monoisotopic (exact) mass is 480 g/mol. The Morgan fingerprint density at radius 3 is 2.09 bits per heavy atom. The molecule has 2 aliphatic rings. The van der Waals surface area contributed by atoms with Crippen LogP contribution >= 0.6 is 0 Å². The highest BCUT2D eigenvalue weighted by Crippen LogP contribution is 2.45. The second-order valence-electron chi connectivity index (χ2n) is 10.4. The first kappa shape index (κ1) is 29.4. The van der Waals surface area contributed by atoms with Gasteiger partial charge in [-0.3, -0.25) is 4.79 Å². The van der Waals surface area contributed by atoms with Gasteiger partial charge in [0.1, 0.15) is 0 Å². The normalized spacial score (nSPS) is 15.7. The smallest absolute Gasteiger partial charge is 0.253 e. The summed E-state index contributed by atoms with van der Waals surface area (Å²) in [5.41, 5.74) is 9.76. The van der Waals surface area contributed by atoms with E-state index in [4.69, 9.17) is 0 Å². The Bertz CT molecular complexity index is 1020. The van der Waals surface area contributed by atoms with Crippen LogP contribution in [0.15, 0.2) is 23.1 Å². The van der Waals surface area contributed by atoms with Gasteiger partial charge < -0.3 is 9.47 Å². The van der Waals surface area contributed by atoms with Crippen LogP contribution in [0.25, 0.3) is 11.1 Å². The van der Waals surface area contributed by atoms with Crippen molar-refractivity contribution < 1.29 is 0 Å². The van der Waals surface area contributed by atoms with Crippen LogP contribution < -0.4 is 5.56 Å². The highest BCUT2D eigenvalue weighted by molar-refractivity contribution is 5.70. The molecule has 0 saturated heterocycles. The number of hydrogen-bond acceptors (Lipinski definition) is 2. The summed E-state index contributed by atoms with van der Waals surface area (Å²) in [6.07, 6.45) is 12.3. The Labute approximate surface area is 216 Å². The maximum atomic E-state index is 12.1. The highest BCUT2D eigenvalue weighted by Gasteiger charge is 2.43. The standard InChI is InChI=1S/C21H27NO.C9H19N.C2H6/c1-6-15-10-17(11-19(16-8-9-16)18(15)7-2)20-12-22(5)21(23)14(4)13(20)3;1-4-8-10(3)9(5-2)6-7-9;1-2/h10-12,16H,6-9H2,1-5H3;4-8H2,1-3H3;1-2H3. The van der Waals surface area contributed by atoms with Gasteiger partial charge in [0.2, 0.25) is 0 Å². The van der Waals surface area contributed by atoms with E-state index in [-0.39, 0.29) is 5.56 Å². The van der Waals surface area contributed by atoms with E-state index in [0.29, 0.717) is 5.54 Å². The predicted octanol–water partition coefficient (Wildman–Crippen LogP) is 7.97. The average Bonchev–Trinajstić information content (AvgIpc) is 3.80. The molecule has 2 saturated carbocycles. The summed E-state index contributed by atoms with van der Waals surface area (Å²) in [6, 6.07) is 4.73. The summed E-state index contributed by atoms with van der Waals surface area (Å²) in [6.45, 7) is 18.3. The second kappa shape index (κ2) is 12.9. The number of aromatic nitrogens is 1. The fraction of sp³-hybridized carbons (Fsp3) is 0.656. The van der Waals surface area contributed by atoms with E-state index in [1.165, 1.54) is 61.8 Å². The summed E-state index contributed by atoms with van der Waals surface area (Å²) < 4.78 is 1.72. The van der Waals surface area contributed by atoms with E-state index in [0.717, 1.165) is 29.9 Å². The van der Waals surface area contributed by atoms with Gasteiger partial charge >= 0.3 is 0 Å². The molecule has 0 amide bonds. The molecule has 0 aliphatic heterocycles. The van der Waals surface area contributed by atoms with Gasteiger partial charge in [-0.05, 0) is 113 Å². The molecular weight excluding hydrogens is 428 g/mol. The summed E-state index contributed by atoms with van der Waals surface area (Å²) in [5, 5.41) is 0. The molecule has 0 bridgehead atoms. The summed E-state index contributed by atoms with van der Waals surface area (Å²) in [4.78, 5) is 14.7. The molecule has 3 nitrogen and oxygen atoms in total. The van der Waals surface area contributed by atoms with E-state index < -0.39 is 0 Å². The maximum absolute atomic E-state index is 12.1. The van der Waals surface area contributed by atoms with E-state index >= 15 is 0 Å². The minimum Gasteiger partial charge on any atom is -0.318 e. The fourth-order valence-corrected chi connectivity index (χ4v) is 5.41. The largest absolute Gasteiger partial charge is 0.318 e. The zero-order chi connectivity index (χ0) is 26.3. The third-order valence-corrected chi connectivity index (χ3v) is 8.22. The first-order chi connectivity index (χ1) is 16.7. The molecule has 35 heavy (non-hydrogen) atoms. The van der Waals surface area contributed by atoms with Crippen LogP contribution in [0.1, 0.15) is 114 Å². The predicted molar refractivity (Wildman–Crippen MR) is 154 cm³/mol. The molecule has 0 radical (unpaired) electrons. The van der Waals surface area contributed by atoms with Gasteiger partial charge in [0.05, 0.1) is 0 Å². The van der Waals surface area contributed by atoms with E-state index in [9.17, 15) is 4.79 Å². The Morgan fingerprint density at radius 1 is 1.00 bits per heavy atom. The van der Waals surface area contributed by atoms with Crippen LogP contribution in [0.4, 0.5) is 0 Å². The second-order valence-corrected chi connectivity index (χ2v) is 10.4. The lowest BCUT2D eigenvalue weighted by molar-refractivity contribution is 0.215. The molecule has 196 valence electrons. The molecule has 1 heterocycles. The SMILES string of the molecule is CC.CCCN(C)C1(CC)CC1.CCc1cc(-c2cn(C)c(=O)c(C)c2C)cc(C2CC2)c1CC. The van der Waals surface area contributed by atoms with Crippen molar-refractivity contribution in [1.29, 1.82) is 0 Å². The first-order valence-electron chi connectivity index (χ1n) is 14.3. The molecule has 2 aromatic rings. The van der Waals surface area contributed by atoms with Gasteiger partial charge in [0.25, 0.3) is 5.56 Å². The van der Waals surface area contributed by atoms with Crippen molar-refractivity contribution in [3.8, 4) is 11.1 Å².